The van der Waals surface area contributed by atoms with Crippen LogP contribution in [-0.4, -0.2) is 181 Å². The zero-order valence-electron chi connectivity index (χ0n) is 37.0. The standard InChI is InChI=1S/C43H74N2O14/c1-24-21-29(19-20-46)39(59-42-37(49)36(45(9)10)38(27(4)56-42)58-35-23-43(6,51)41(50)28(5)55-35)40(52-11)31(47)22-33(48)53-25(2)15-13-12-14-16-32(24)57-34-18-17-30(44(7)8)26(3)54-34/h12-14,16,20,24-32,34-42,47,49-51H,15,17-19,21-23H2,1-11H3/b13-12?,16-14+/t24-,25-,26+,27+,28-,29+,30+,31-,32+,34+,35-,36+,37+,38+,39+,40-,41-,42-,43+/m1/s1. The molecule has 0 aromatic rings. The van der Waals surface area contributed by atoms with Crippen LogP contribution >= 0.6 is 0 Å². The maximum Gasteiger partial charge on any atom is 0.308 e. The van der Waals surface area contributed by atoms with Gasteiger partial charge in [0.05, 0.1) is 54.7 Å². The fraction of sp³-hybridized carbons (Fsp3) is 0.860. The van der Waals surface area contributed by atoms with Gasteiger partial charge in [0.15, 0.2) is 18.9 Å². The molecule has 0 aromatic carbocycles. The molecule has 0 bridgehead atoms. The van der Waals surface area contributed by atoms with E-state index in [4.69, 9.17) is 37.9 Å². The van der Waals surface area contributed by atoms with Gasteiger partial charge in [0.2, 0.25) is 0 Å². The molecular weight excluding hydrogens is 768 g/mol. The van der Waals surface area contributed by atoms with Gasteiger partial charge in [-0.05, 0) is 93.9 Å². The van der Waals surface area contributed by atoms with Crippen LogP contribution in [0, 0.1) is 11.8 Å². The molecule has 19 atom stereocenters. The van der Waals surface area contributed by atoms with Crippen LogP contribution in [0.2, 0.25) is 0 Å². The summed E-state index contributed by atoms with van der Waals surface area (Å²) < 4.78 is 50.0. The molecule has 59 heavy (non-hydrogen) atoms. The number of methoxy groups -OCH3 is 1. The fourth-order valence-corrected chi connectivity index (χ4v) is 9.10. The Hall–Kier alpha value is -1.90. The molecule has 4 aliphatic heterocycles. The molecule has 0 unspecified atom stereocenters. The molecule has 0 aliphatic carbocycles. The lowest BCUT2D eigenvalue weighted by atomic mass is 9.82. The monoisotopic (exact) mass is 843 g/mol. The second-order valence-corrected chi connectivity index (χ2v) is 17.8. The fourth-order valence-electron chi connectivity index (χ4n) is 9.10. The van der Waals surface area contributed by atoms with Crippen LogP contribution < -0.4 is 0 Å². The van der Waals surface area contributed by atoms with Gasteiger partial charge in [0.25, 0.3) is 0 Å². The van der Waals surface area contributed by atoms with Crippen molar-refractivity contribution in [2.75, 3.05) is 35.3 Å². The van der Waals surface area contributed by atoms with Gasteiger partial charge in [-0.3, -0.25) is 4.79 Å². The van der Waals surface area contributed by atoms with Crippen molar-refractivity contribution in [1.82, 2.24) is 9.80 Å². The summed E-state index contributed by atoms with van der Waals surface area (Å²) in [5.74, 6) is -1.47. The van der Waals surface area contributed by atoms with Crippen molar-refractivity contribution in [2.24, 2.45) is 11.8 Å². The zero-order chi connectivity index (χ0) is 43.8. The van der Waals surface area contributed by atoms with Gasteiger partial charge in [-0.15, -0.1) is 0 Å². The van der Waals surface area contributed by atoms with Crippen molar-refractivity contribution >= 4 is 12.3 Å². The Balaban J connectivity index is 1.66. The average molecular weight is 843 g/mol. The molecule has 4 aliphatic rings. The number of aliphatic hydroxyl groups is 4. The highest BCUT2D eigenvalue weighted by atomic mass is 16.7. The van der Waals surface area contributed by atoms with E-state index in [0.717, 1.165) is 12.7 Å². The van der Waals surface area contributed by atoms with Crippen LogP contribution in [-0.2, 0) is 47.5 Å². The molecule has 0 aromatic heterocycles. The van der Waals surface area contributed by atoms with Gasteiger partial charge in [-0.25, -0.2) is 0 Å². The highest BCUT2D eigenvalue weighted by Gasteiger charge is 2.52. The maximum atomic E-state index is 13.1. The predicted octanol–water partition coefficient (Wildman–Crippen LogP) is 2.33. The van der Waals surface area contributed by atoms with E-state index in [0.29, 0.717) is 19.3 Å². The number of hydrogen-bond acceptors (Lipinski definition) is 16. The molecule has 3 fully saturated rings. The highest BCUT2D eigenvalue weighted by molar-refractivity contribution is 5.70. The van der Waals surface area contributed by atoms with Crippen LogP contribution in [0.25, 0.3) is 0 Å². The number of hydrogen-bond donors (Lipinski definition) is 4. The Labute approximate surface area is 351 Å². The molecule has 0 saturated carbocycles. The highest BCUT2D eigenvalue weighted by Crippen LogP contribution is 2.37. The summed E-state index contributed by atoms with van der Waals surface area (Å²) in [5.41, 5.74) is -1.47. The van der Waals surface area contributed by atoms with Crippen molar-refractivity contribution in [3.05, 3.63) is 24.3 Å². The number of rotatable bonds is 11. The van der Waals surface area contributed by atoms with E-state index in [1.165, 1.54) is 14.0 Å². The summed E-state index contributed by atoms with van der Waals surface area (Å²) >= 11 is 0. The second-order valence-electron chi connectivity index (χ2n) is 17.8. The van der Waals surface area contributed by atoms with Gasteiger partial charge >= 0.3 is 5.97 Å². The largest absolute Gasteiger partial charge is 0.462 e. The first-order valence-electron chi connectivity index (χ1n) is 21.3. The van der Waals surface area contributed by atoms with Gasteiger partial charge in [0.1, 0.15) is 36.8 Å². The first-order valence-corrected chi connectivity index (χ1v) is 21.3. The Kier molecular flexibility index (Phi) is 18.9. The molecule has 4 rings (SSSR count). The van der Waals surface area contributed by atoms with E-state index in [9.17, 15) is 30.0 Å². The molecular formula is C43H74N2O14. The smallest absolute Gasteiger partial charge is 0.308 e. The topological polar surface area (TPSA) is 195 Å². The lowest BCUT2D eigenvalue weighted by Gasteiger charge is -2.50. The Bertz CT molecular complexity index is 1370. The van der Waals surface area contributed by atoms with Crippen molar-refractivity contribution in [3.8, 4) is 0 Å². The van der Waals surface area contributed by atoms with E-state index >= 15 is 0 Å². The van der Waals surface area contributed by atoms with Crippen LogP contribution in [0.15, 0.2) is 24.3 Å². The molecule has 4 heterocycles. The minimum atomic E-state index is -1.47. The molecule has 16 heteroatoms. The SMILES string of the molecule is CO[C@H]1[C@@H](O[C@H]2O[C@@H](C)[C@H](O[C@@H]3C[C@](C)(O)[C@H](O)[C@@H](C)O3)[C@@H](N(C)C)[C@@H]2O)[C@@H](CC=O)C[C@@H](C)[C@@H](O[C@H]2CC[C@H](N(C)C)[C@H](C)O2)/C=C/C=CC[C@@H](C)OC(=O)C[C@H]1O. The van der Waals surface area contributed by atoms with Crippen LogP contribution in [0.4, 0.5) is 0 Å². The summed E-state index contributed by atoms with van der Waals surface area (Å²) in [4.78, 5) is 29.5. The Morgan fingerprint density at radius 3 is 2.17 bits per heavy atom. The van der Waals surface area contributed by atoms with E-state index in [1.807, 2.05) is 52.2 Å². The second kappa shape index (κ2) is 22.5. The van der Waals surface area contributed by atoms with Crippen molar-refractivity contribution in [2.45, 2.75) is 190 Å². The Morgan fingerprint density at radius 2 is 1.56 bits per heavy atom. The van der Waals surface area contributed by atoms with Gasteiger partial charge < -0.3 is 72.9 Å². The molecule has 0 amide bonds. The van der Waals surface area contributed by atoms with Gasteiger partial charge in [0, 0.05) is 32.4 Å². The number of aliphatic hydroxyl groups excluding tert-OH is 3. The number of nitrogens with zero attached hydrogens (tertiary/aromatic N) is 2. The third-order valence-electron chi connectivity index (χ3n) is 12.4. The minimum Gasteiger partial charge on any atom is -0.462 e. The number of esters is 1. The van der Waals surface area contributed by atoms with E-state index in [2.05, 4.69) is 4.90 Å². The van der Waals surface area contributed by atoms with Crippen molar-refractivity contribution in [3.63, 3.8) is 0 Å². The number of ether oxygens (including phenoxy) is 8. The summed E-state index contributed by atoms with van der Waals surface area (Å²) in [6.45, 7) is 10.8. The maximum absolute atomic E-state index is 13.1. The first kappa shape index (κ1) is 49.8. The van der Waals surface area contributed by atoms with Crippen LogP contribution in [0.3, 0.4) is 0 Å². The van der Waals surface area contributed by atoms with Crippen molar-refractivity contribution in [1.29, 1.82) is 0 Å². The third-order valence-corrected chi connectivity index (χ3v) is 12.4. The summed E-state index contributed by atoms with van der Waals surface area (Å²) in [5, 5.41) is 45.1. The van der Waals surface area contributed by atoms with E-state index in [1.54, 1.807) is 39.8 Å². The molecule has 0 radical (unpaired) electrons. The third kappa shape index (κ3) is 13.3. The van der Waals surface area contributed by atoms with E-state index < -0.39 is 110 Å². The summed E-state index contributed by atoms with van der Waals surface area (Å²) in [6.07, 6.45) is -1.56. The molecule has 4 N–H and O–H groups in total. The average Bonchev–Trinajstić information content (AvgIpc) is 3.13. The Morgan fingerprint density at radius 1 is 0.864 bits per heavy atom. The predicted molar refractivity (Wildman–Crippen MR) is 217 cm³/mol. The number of aldehydes is 1. The lowest BCUT2D eigenvalue weighted by Crippen LogP contribution is -2.65. The molecule has 3 saturated heterocycles. The summed E-state index contributed by atoms with van der Waals surface area (Å²) in [6, 6.07) is -0.466. The molecule has 0 spiro atoms. The molecule has 340 valence electrons. The number of cyclic esters (lactones) is 1. The zero-order valence-corrected chi connectivity index (χ0v) is 37.0. The van der Waals surface area contributed by atoms with E-state index in [-0.39, 0.29) is 30.9 Å². The first-order chi connectivity index (χ1) is 27.8. The quantitative estimate of drug-likeness (QED) is 0.175. The van der Waals surface area contributed by atoms with Gasteiger partial charge in [-0.2, -0.15) is 0 Å². The van der Waals surface area contributed by atoms with Gasteiger partial charge in [-0.1, -0.05) is 31.2 Å². The molecule has 16 nitrogen and oxygen atoms in total. The van der Waals surface area contributed by atoms with Crippen LogP contribution in [0.1, 0.15) is 86.5 Å². The lowest BCUT2D eigenvalue weighted by molar-refractivity contribution is -0.344. The number of carbonyl (C=O) groups excluding carboxylic acids is 2. The summed E-state index contributed by atoms with van der Waals surface area (Å²) in [7, 11) is 9.03. The number of allylic oxidation sites excluding steroid dienone is 2. The normalized spacial score (nSPS) is 45.3. The van der Waals surface area contributed by atoms with Crippen LogP contribution in [0.5, 0.6) is 0 Å². The number of carbonyl (C=O) groups is 2. The van der Waals surface area contributed by atoms with Crippen molar-refractivity contribution < 1.29 is 67.9 Å². The number of likely N-dealkylation sites (N-methyl/N-ethyl adjacent to an activating group) is 2. The minimum absolute atomic E-state index is 0.00885.